The number of ether oxygens (including phenoxy) is 1. The van der Waals surface area contributed by atoms with Gasteiger partial charge in [-0.15, -0.1) is 0 Å². The van der Waals surface area contributed by atoms with Crippen LogP contribution in [0.5, 0.6) is 0 Å². The first-order chi connectivity index (χ1) is 8.60. The number of H-pyrrole nitrogens is 1. The molecule has 6 heteroatoms. The summed E-state index contributed by atoms with van der Waals surface area (Å²) in [6, 6.07) is 7.37. The highest BCUT2D eigenvalue weighted by molar-refractivity contribution is 9.10. The third kappa shape index (κ3) is 3.17. The van der Waals surface area contributed by atoms with Crippen LogP contribution in [0.4, 0.5) is 0 Å². The fourth-order valence-corrected chi connectivity index (χ4v) is 2.25. The lowest BCUT2D eigenvalue weighted by Crippen LogP contribution is -1.97. The van der Waals surface area contributed by atoms with Crippen LogP contribution in [-0.4, -0.2) is 17.1 Å². The molecule has 0 aliphatic heterocycles. The van der Waals surface area contributed by atoms with Crippen LogP contribution in [0.15, 0.2) is 28.7 Å². The number of benzene rings is 1. The second-order valence-corrected chi connectivity index (χ2v) is 5.33. The predicted octanol–water partition coefficient (Wildman–Crippen LogP) is 4.37. The van der Waals surface area contributed by atoms with Crippen LogP contribution >= 0.6 is 39.7 Å². The van der Waals surface area contributed by atoms with E-state index >= 15 is 0 Å². The number of hydrogen-bond acceptors (Lipinski definition) is 3. The Bertz CT molecular complexity index is 630. The molecule has 2 rings (SSSR count). The molecule has 1 aromatic heterocycles. The van der Waals surface area contributed by atoms with Gasteiger partial charge in [-0.2, -0.15) is 0 Å². The molecule has 1 N–H and O–H groups in total. The summed E-state index contributed by atoms with van der Waals surface area (Å²) >= 11 is 14.5. The van der Waals surface area contributed by atoms with E-state index in [0.29, 0.717) is 22.1 Å². The fourth-order valence-electron chi connectivity index (χ4n) is 1.52. The second kappa shape index (κ2) is 5.93. The minimum Gasteiger partial charge on any atom is -0.378 e. The first-order valence-electron chi connectivity index (χ1n) is 5.15. The third-order valence-electron chi connectivity index (χ3n) is 2.29. The number of methoxy groups -OCH3 is 1. The molecule has 0 bridgehead atoms. The minimum absolute atomic E-state index is 0.466. The largest absolute Gasteiger partial charge is 0.378 e. The highest BCUT2D eigenvalue weighted by atomic mass is 79.9. The number of halogens is 2. The molecule has 0 saturated heterocycles. The van der Waals surface area contributed by atoms with Gasteiger partial charge < -0.3 is 9.72 Å². The minimum atomic E-state index is 0.466. The molecule has 0 spiro atoms. The molecule has 0 unspecified atom stereocenters. The van der Waals surface area contributed by atoms with E-state index in [1.54, 1.807) is 13.2 Å². The van der Waals surface area contributed by atoms with Crippen LogP contribution in [-0.2, 0) is 11.3 Å². The van der Waals surface area contributed by atoms with E-state index in [9.17, 15) is 0 Å². The lowest BCUT2D eigenvalue weighted by Gasteiger charge is -2.06. The van der Waals surface area contributed by atoms with Crippen molar-refractivity contribution >= 4 is 39.7 Å². The van der Waals surface area contributed by atoms with Crippen molar-refractivity contribution in [1.29, 1.82) is 0 Å². The van der Waals surface area contributed by atoms with E-state index in [0.717, 1.165) is 15.7 Å². The average molecular weight is 346 g/mol. The van der Waals surface area contributed by atoms with Gasteiger partial charge in [0, 0.05) is 22.8 Å². The van der Waals surface area contributed by atoms with Crippen LogP contribution in [0.25, 0.3) is 11.4 Å². The quantitative estimate of drug-likeness (QED) is 0.840. The molecule has 0 aliphatic carbocycles. The number of aromatic nitrogens is 2. The zero-order valence-electron chi connectivity index (χ0n) is 9.54. The summed E-state index contributed by atoms with van der Waals surface area (Å²) in [5.41, 5.74) is 1.80. The van der Waals surface area contributed by atoms with Gasteiger partial charge >= 0.3 is 0 Å². The van der Waals surface area contributed by atoms with Gasteiger partial charge in [-0.1, -0.05) is 23.8 Å². The third-order valence-corrected chi connectivity index (χ3v) is 3.71. The summed E-state index contributed by atoms with van der Waals surface area (Å²) in [7, 11) is 1.63. The highest BCUT2D eigenvalue weighted by Gasteiger charge is 2.05. The SMILES string of the molecule is COCc1cc(=S)nc(-c2ccc(Cl)c(Br)c2)[nH]1. The maximum atomic E-state index is 5.96. The number of nitrogens with zero attached hydrogens (tertiary/aromatic N) is 1. The number of rotatable bonds is 3. The molecule has 0 fully saturated rings. The van der Waals surface area contributed by atoms with Crippen LogP contribution in [0.2, 0.25) is 5.02 Å². The Morgan fingerprint density at radius 2 is 2.22 bits per heavy atom. The van der Waals surface area contributed by atoms with Gasteiger partial charge in [-0.3, -0.25) is 0 Å². The summed E-state index contributed by atoms with van der Waals surface area (Å²) in [4.78, 5) is 7.48. The van der Waals surface area contributed by atoms with Crippen molar-refractivity contribution in [3.8, 4) is 11.4 Å². The van der Waals surface area contributed by atoms with Gasteiger partial charge in [0.2, 0.25) is 0 Å². The zero-order valence-corrected chi connectivity index (χ0v) is 12.7. The number of hydrogen-bond donors (Lipinski definition) is 1. The normalized spacial score (nSPS) is 10.6. The molecule has 94 valence electrons. The monoisotopic (exact) mass is 344 g/mol. The Kier molecular flexibility index (Phi) is 4.50. The Morgan fingerprint density at radius 1 is 1.44 bits per heavy atom. The van der Waals surface area contributed by atoms with Gasteiger partial charge in [-0.05, 0) is 40.2 Å². The second-order valence-electron chi connectivity index (χ2n) is 3.66. The maximum absolute atomic E-state index is 5.96. The van der Waals surface area contributed by atoms with Crippen molar-refractivity contribution in [2.24, 2.45) is 0 Å². The average Bonchev–Trinajstić information content (AvgIpc) is 2.32. The Morgan fingerprint density at radius 3 is 2.89 bits per heavy atom. The molecular weight excluding hydrogens is 336 g/mol. The van der Waals surface area contributed by atoms with Crippen molar-refractivity contribution in [2.45, 2.75) is 6.61 Å². The van der Waals surface area contributed by atoms with Gasteiger partial charge in [0.05, 0.1) is 11.6 Å². The molecule has 0 aliphatic rings. The molecule has 1 aromatic carbocycles. The van der Waals surface area contributed by atoms with E-state index in [1.807, 2.05) is 18.2 Å². The molecule has 1 heterocycles. The molecule has 0 radical (unpaired) electrons. The van der Waals surface area contributed by atoms with Crippen molar-refractivity contribution in [3.05, 3.63) is 44.1 Å². The lowest BCUT2D eigenvalue weighted by atomic mass is 10.2. The van der Waals surface area contributed by atoms with E-state index < -0.39 is 0 Å². The molecule has 2 aromatic rings. The zero-order chi connectivity index (χ0) is 13.1. The van der Waals surface area contributed by atoms with Gasteiger partial charge in [-0.25, -0.2) is 4.98 Å². The highest BCUT2D eigenvalue weighted by Crippen LogP contribution is 2.27. The molecule has 18 heavy (non-hydrogen) atoms. The summed E-state index contributed by atoms with van der Waals surface area (Å²) < 4.78 is 6.43. The van der Waals surface area contributed by atoms with E-state index in [4.69, 9.17) is 28.6 Å². The lowest BCUT2D eigenvalue weighted by molar-refractivity contribution is 0.181. The molecule has 0 amide bonds. The van der Waals surface area contributed by atoms with E-state index in [2.05, 4.69) is 25.9 Å². The summed E-state index contributed by atoms with van der Waals surface area (Å²) in [6.45, 7) is 0.466. The van der Waals surface area contributed by atoms with Gasteiger partial charge in [0.1, 0.15) is 10.5 Å². The van der Waals surface area contributed by atoms with Crippen LogP contribution in [0, 0.1) is 4.64 Å². The molecule has 0 atom stereocenters. The smallest absolute Gasteiger partial charge is 0.139 e. The van der Waals surface area contributed by atoms with Crippen molar-refractivity contribution < 1.29 is 4.74 Å². The van der Waals surface area contributed by atoms with Crippen LogP contribution < -0.4 is 0 Å². The maximum Gasteiger partial charge on any atom is 0.139 e. The van der Waals surface area contributed by atoms with E-state index in [1.165, 1.54) is 0 Å². The Hall–Kier alpha value is -0.750. The topological polar surface area (TPSA) is 37.9 Å². The molecule has 0 saturated carbocycles. The van der Waals surface area contributed by atoms with Crippen molar-refractivity contribution in [3.63, 3.8) is 0 Å². The van der Waals surface area contributed by atoms with Gasteiger partial charge in [0.15, 0.2) is 0 Å². The molecule has 3 nitrogen and oxygen atoms in total. The summed E-state index contributed by atoms with van der Waals surface area (Å²) in [6.07, 6.45) is 0. The summed E-state index contributed by atoms with van der Waals surface area (Å²) in [5.74, 6) is 0.701. The van der Waals surface area contributed by atoms with Crippen LogP contribution in [0.1, 0.15) is 5.69 Å². The summed E-state index contributed by atoms with van der Waals surface area (Å²) in [5, 5.41) is 0.658. The van der Waals surface area contributed by atoms with Crippen molar-refractivity contribution in [1.82, 2.24) is 9.97 Å². The standard InChI is InChI=1S/C12H10BrClN2OS/c1-17-6-8-5-11(18)16-12(15-8)7-2-3-10(14)9(13)4-7/h2-5H,6H2,1H3,(H,15,16,18). The van der Waals surface area contributed by atoms with E-state index in [-0.39, 0.29) is 0 Å². The Balaban J connectivity index is 2.49. The molecular formula is C12H10BrClN2OS. The Labute approximate surface area is 123 Å². The predicted molar refractivity (Wildman–Crippen MR) is 78.3 cm³/mol. The van der Waals surface area contributed by atoms with Gasteiger partial charge in [0.25, 0.3) is 0 Å². The van der Waals surface area contributed by atoms with Crippen LogP contribution in [0.3, 0.4) is 0 Å². The first-order valence-corrected chi connectivity index (χ1v) is 6.72. The first kappa shape index (κ1) is 13.7. The fraction of sp³-hybridized carbons (Fsp3) is 0.167. The van der Waals surface area contributed by atoms with Crippen molar-refractivity contribution in [2.75, 3.05) is 7.11 Å². The number of aromatic amines is 1. The number of nitrogens with one attached hydrogen (secondary N) is 1.